The van der Waals surface area contributed by atoms with Gasteiger partial charge in [0.15, 0.2) is 0 Å². The van der Waals surface area contributed by atoms with Crippen molar-refractivity contribution in [2.45, 2.75) is 13.5 Å². The van der Waals surface area contributed by atoms with Crippen molar-refractivity contribution in [1.82, 2.24) is 15.1 Å². The van der Waals surface area contributed by atoms with Gasteiger partial charge in [0, 0.05) is 13.2 Å². The van der Waals surface area contributed by atoms with Crippen LogP contribution in [0.1, 0.15) is 21.6 Å². The molecule has 0 saturated carbocycles. The minimum atomic E-state index is -0.511. The first-order chi connectivity index (χ1) is 8.58. The van der Waals surface area contributed by atoms with Crippen molar-refractivity contribution < 1.29 is 9.18 Å². The maximum Gasteiger partial charge on any atom is 0.254 e. The van der Waals surface area contributed by atoms with Crippen LogP contribution in [0.4, 0.5) is 4.39 Å². The highest BCUT2D eigenvalue weighted by Gasteiger charge is 2.11. The van der Waals surface area contributed by atoms with E-state index in [1.807, 2.05) is 6.92 Å². The molecular weight excluding hydrogens is 233 g/mol. The lowest BCUT2D eigenvalue weighted by molar-refractivity contribution is 0.0946. The second kappa shape index (κ2) is 5.00. The third kappa shape index (κ3) is 2.56. The number of rotatable bonds is 3. The molecule has 18 heavy (non-hydrogen) atoms. The van der Waals surface area contributed by atoms with Crippen LogP contribution in [0.15, 0.2) is 30.5 Å². The van der Waals surface area contributed by atoms with Gasteiger partial charge in [-0.3, -0.25) is 9.48 Å². The van der Waals surface area contributed by atoms with Gasteiger partial charge in [-0.2, -0.15) is 5.10 Å². The number of nitrogens with zero attached hydrogens (tertiary/aromatic N) is 2. The highest BCUT2D eigenvalue weighted by atomic mass is 19.1. The monoisotopic (exact) mass is 247 g/mol. The molecule has 2 aromatic rings. The number of carbonyl (C=O) groups excluding carboxylic acids is 1. The molecule has 94 valence electrons. The molecule has 2 rings (SSSR count). The smallest absolute Gasteiger partial charge is 0.254 e. The summed E-state index contributed by atoms with van der Waals surface area (Å²) in [7, 11) is 1.79. The van der Waals surface area contributed by atoms with Crippen LogP contribution >= 0.6 is 0 Å². The second-order valence-corrected chi connectivity index (χ2v) is 4.11. The number of aryl methyl sites for hydroxylation is 2. The molecule has 0 aliphatic rings. The Morgan fingerprint density at radius 3 is 2.89 bits per heavy atom. The van der Waals surface area contributed by atoms with Crippen molar-refractivity contribution in [2.24, 2.45) is 7.05 Å². The van der Waals surface area contributed by atoms with Crippen LogP contribution in [0.3, 0.4) is 0 Å². The summed E-state index contributed by atoms with van der Waals surface area (Å²) in [5, 5.41) is 6.66. The topological polar surface area (TPSA) is 46.9 Å². The average molecular weight is 247 g/mol. The number of halogens is 1. The van der Waals surface area contributed by atoms with E-state index in [-0.39, 0.29) is 5.56 Å². The summed E-state index contributed by atoms with van der Waals surface area (Å²) in [6, 6.07) is 6.27. The van der Waals surface area contributed by atoms with Crippen molar-refractivity contribution in [3.8, 4) is 0 Å². The molecule has 0 aliphatic carbocycles. The third-order valence-corrected chi connectivity index (χ3v) is 2.72. The van der Waals surface area contributed by atoms with Gasteiger partial charge >= 0.3 is 0 Å². The Kier molecular flexibility index (Phi) is 3.41. The minimum Gasteiger partial charge on any atom is -0.346 e. The third-order valence-electron chi connectivity index (χ3n) is 2.72. The van der Waals surface area contributed by atoms with Crippen molar-refractivity contribution in [3.05, 3.63) is 53.1 Å². The molecule has 0 bridgehead atoms. The summed E-state index contributed by atoms with van der Waals surface area (Å²) in [5.41, 5.74) is 1.77. The summed E-state index contributed by atoms with van der Waals surface area (Å²) in [4.78, 5) is 11.8. The average Bonchev–Trinajstić information content (AvgIpc) is 2.75. The fourth-order valence-electron chi connectivity index (χ4n) is 1.65. The first-order valence-electron chi connectivity index (χ1n) is 5.59. The predicted octanol–water partition coefficient (Wildman–Crippen LogP) is 1.80. The molecule has 1 aromatic carbocycles. The van der Waals surface area contributed by atoms with Gasteiger partial charge in [0.25, 0.3) is 5.91 Å². The van der Waals surface area contributed by atoms with E-state index in [1.165, 1.54) is 12.1 Å². The number of aromatic nitrogens is 2. The largest absolute Gasteiger partial charge is 0.346 e. The Hall–Kier alpha value is -2.17. The summed E-state index contributed by atoms with van der Waals surface area (Å²) in [5.74, 6) is -0.930. The zero-order valence-electron chi connectivity index (χ0n) is 10.3. The van der Waals surface area contributed by atoms with E-state index in [0.717, 1.165) is 11.3 Å². The first-order valence-corrected chi connectivity index (χ1v) is 5.59. The first kappa shape index (κ1) is 12.3. The molecule has 0 aliphatic heterocycles. The van der Waals surface area contributed by atoms with E-state index < -0.39 is 11.7 Å². The SMILES string of the molecule is Cc1ccc(F)c(C(=O)NCc2ccnn2C)c1. The fraction of sp³-hybridized carbons (Fsp3) is 0.231. The molecule has 1 amide bonds. The van der Waals surface area contributed by atoms with Crippen LogP contribution < -0.4 is 5.32 Å². The number of nitrogens with one attached hydrogen (secondary N) is 1. The summed E-state index contributed by atoms with van der Waals surface area (Å²) in [6.45, 7) is 2.14. The Morgan fingerprint density at radius 2 is 2.22 bits per heavy atom. The van der Waals surface area contributed by atoms with Gasteiger partial charge in [0.1, 0.15) is 5.82 Å². The van der Waals surface area contributed by atoms with Crippen molar-refractivity contribution in [2.75, 3.05) is 0 Å². The molecule has 1 aromatic heterocycles. The molecule has 0 unspecified atom stereocenters. The number of benzene rings is 1. The lowest BCUT2D eigenvalue weighted by atomic mass is 10.1. The molecule has 5 heteroatoms. The normalized spacial score (nSPS) is 10.4. The predicted molar refractivity (Wildman–Crippen MR) is 65.5 cm³/mol. The highest BCUT2D eigenvalue weighted by molar-refractivity contribution is 5.94. The Balaban J connectivity index is 2.08. The number of hydrogen-bond donors (Lipinski definition) is 1. The van der Waals surface area contributed by atoms with E-state index in [9.17, 15) is 9.18 Å². The Labute approximate surface area is 104 Å². The molecule has 0 spiro atoms. The van der Waals surface area contributed by atoms with Crippen LogP contribution in [-0.4, -0.2) is 15.7 Å². The van der Waals surface area contributed by atoms with E-state index in [1.54, 1.807) is 30.1 Å². The van der Waals surface area contributed by atoms with Gasteiger partial charge in [-0.1, -0.05) is 11.6 Å². The van der Waals surface area contributed by atoms with E-state index in [0.29, 0.717) is 6.54 Å². The summed E-state index contributed by atoms with van der Waals surface area (Å²) < 4.78 is 15.1. The molecule has 1 N–H and O–H groups in total. The van der Waals surface area contributed by atoms with Crippen molar-refractivity contribution in [3.63, 3.8) is 0 Å². The summed E-state index contributed by atoms with van der Waals surface area (Å²) >= 11 is 0. The second-order valence-electron chi connectivity index (χ2n) is 4.11. The van der Waals surface area contributed by atoms with Crippen LogP contribution in [0.25, 0.3) is 0 Å². The van der Waals surface area contributed by atoms with Crippen LogP contribution in [0.5, 0.6) is 0 Å². The van der Waals surface area contributed by atoms with Crippen LogP contribution in [0.2, 0.25) is 0 Å². The van der Waals surface area contributed by atoms with Gasteiger partial charge in [-0.25, -0.2) is 4.39 Å². The maximum absolute atomic E-state index is 13.5. The Bertz CT molecular complexity index is 577. The Morgan fingerprint density at radius 1 is 1.44 bits per heavy atom. The number of amides is 1. The molecule has 4 nitrogen and oxygen atoms in total. The van der Waals surface area contributed by atoms with Gasteiger partial charge in [0.2, 0.25) is 0 Å². The van der Waals surface area contributed by atoms with E-state index in [4.69, 9.17) is 0 Å². The van der Waals surface area contributed by atoms with Crippen molar-refractivity contribution in [1.29, 1.82) is 0 Å². The zero-order chi connectivity index (χ0) is 13.1. The quantitative estimate of drug-likeness (QED) is 0.899. The molecule has 0 saturated heterocycles. The van der Waals surface area contributed by atoms with Crippen molar-refractivity contribution >= 4 is 5.91 Å². The molecule has 0 fully saturated rings. The lowest BCUT2D eigenvalue weighted by Crippen LogP contribution is -2.25. The van der Waals surface area contributed by atoms with E-state index >= 15 is 0 Å². The zero-order valence-corrected chi connectivity index (χ0v) is 10.3. The van der Waals surface area contributed by atoms with Gasteiger partial charge in [-0.15, -0.1) is 0 Å². The summed E-state index contributed by atoms with van der Waals surface area (Å²) in [6.07, 6.45) is 1.65. The fourth-order valence-corrected chi connectivity index (χ4v) is 1.65. The number of hydrogen-bond acceptors (Lipinski definition) is 2. The van der Waals surface area contributed by atoms with Crippen LogP contribution in [-0.2, 0) is 13.6 Å². The van der Waals surface area contributed by atoms with E-state index in [2.05, 4.69) is 10.4 Å². The standard InChI is InChI=1S/C13H14FN3O/c1-9-3-4-12(14)11(7-9)13(18)15-8-10-5-6-16-17(10)2/h3-7H,8H2,1-2H3,(H,15,18). The lowest BCUT2D eigenvalue weighted by Gasteiger charge is -2.07. The highest BCUT2D eigenvalue weighted by Crippen LogP contribution is 2.10. The molecule has 1 heterocycles. The van der Waals surface area contributed by atoms with Crippen LogP contribution in [0, 0.1) is 12.7 Å². The van der Waals surface area contributed by atoms with Gasteiger partial charge in [0.05, 0.1) is 17.8 Å². The maximum atomic E-state index is 13.5. The molecule has 0 radical (unpaired) electrons. The molecule has 0 atom stereocenters. The molecular formula is C13H14FN3O. The van der Waals surface area contributed by atoms with Gasteiger partial charge < -0.3 is 5.32 Å². The minimum absolute atomic E-state index is 0.0668. The van der Waals surface area contributed by atoms with Gasteiger partial charge in [-0.05, 0) is 25.1 Å². The number of carbonyl (C=O) groups is 1.